The minimum Gasteiger partial charge on any atom is -0.314 e. The molecule has 0 aromatic carbocycles. The van der Waals surface area contributed by atoms with Crippen LogP contribution in [0.3, 0.4) is 0 Å². The Hall–Kier alpha value is -0.590. The highest BCUT2D eigenvalue weighted by Crippen LogP contribution is 2.17. The second-order valence-corrected chi connectivity index (χ2v) is 5.57. The molecule has 3 nitrogen and oxygen atoms in total. The molecule has 0 radical (unpaired) electrons. The molecule has 0 saturated heterocycles. The molecule has 0 rings (SSSR count). The number of hydrogen-bond donors (Lipinski definition) is 1. The van der Waals surface area contributed by atoms with Crippen LogP contribution in [0.2, 0.25) is 0 Å². The van der Waals surface area contributed by atoms with Gasteiger partial charge in [-0.15, -0.1) is 0 Å². The molecular formula is C13H27N3. The summed E-state index contributed by atoms with van der Waals surface area (Å²) in [4.78, 5) is 2.38. The first-order chi connectivity index (χ1) is 7.25. The fraction of sp³-hybridized carbons (Fsp3) is 0.923. The van der Waals surface area contributed by atoms with Gasteiger partial charge in [0.15, 0.2) is 0 Å². The van der Waals surface area contributed by atoms with Gasteiger partial charge in [0, 0.05) is 5.54 Å². The molecule has 0 bridgehead atoms. The van der Waals surface area contributed by atoms with Crippen molar-refractivity contribution < 1.29 is 0 Å². The van der Waals surface area contributed by atoms with Crippen molar-refractivity contribution in [2.75, 3.05) is 13.6 Å². The molecule has 3 heteroatoms. The molecule has 0 spiro atoms. The molecule has 0 aliphatic heterocycles. The molecule has 0 heterocycles. The second-order valence-electron chi connectivity index (χ2n) is 5.57. The van der Waals surface area contributed by atoms with Gasteiger partial charge in [0.1, 0.15) is 5.54 Å². The molecule has 0 fully saturated rings. The van der Waals surface area contributed by atoms with Crippen LogP contribution in [0.1, 0.15) is 53.4 Å². The predicted octanol–water partition coefficient (Wildman–Crippen LogP) is 2.52. The molecule has 0 aliphatic rings. The molecule has 0 aromatic heterocycles. The van der Waals surface area contributed by atoms with E-state index in [9.17, 15) is 0 Å². The topological polar surface area (TPSA) is 53.0 Å². The largest absolute Gasteiger partial charge is 0.314 e. The Labute approximate surface area is 101 Å². The average Bonchev–Trinajstić information content (AvgIpc) is 2.24. The Morgan fingerprint density at radius 1 is 1.25 bits per heavy atom. The zero-order valence-electron chi connectivity index (χ0n) is 11.5. The summed E-state index contributed by atoms with van der Waals surface area (Å²) in [6.45, 7) is 9.60. The fourth-order valence-corrected chi connectivity index (χ4v) is 1.47. The van der Waals surface area contributed by atoms with Gasteiger partial charge < -0.3 is 10.6 Å². The number of nitriles is 1. The van der Waals surface area contributed by atoms with Crippen molar-refractivity contribution in [1.82, 2.24) is 4.90 Å². The third-order valence-corrected chi connectivity index (χ3v) is 3.59. The number of nitrogens with zero attached hydrogens (tertiary/aromatic N) is 2. The Morgan fingerprint density at radius 3 is 2.25 bits per heavy atom. The van der Waals surface area contributed by atoms with E-state index in [-0.39, 0.29) is 5.54 Å². The summed E-state index contributed by atoms with van der Waals surface area (Å²) in [6, 6.07) is 2.14. The van der Waals surface area contributed by atoms with Gasteiger partial charge in [-0.3, -0.25) is 0 Å². The van der Waals surface area contributed by atoms with E-state index in [1.165, 1.54) is 0 Å². The minimum atomic E-state index is -0.654. The Morgan fingerprint density at radius 2 is 1.81 bits per heavy atom. The summed E-state index contributed by atoms with van der Waals surface area (Å²) in [5.74, 6) is 0. The molecule has 0 amide bonds. The van der Waals surface area contributed by atoms with Crippen LogP contribution < -0.4 is 5.73 Å². The van der Waals surface area contributed by atoms with Crippen molar-refractivity contribution in [3.63, 3.8) is 0 Å². The maximum absolute atomic E-state index is 8.78. The van der Waals surface area contributed by atoms with Crippen molar-refractivity contribution >= 4 is 0 Å². The maximum Gasteiger partial charge on any atom is 0.101 e. The molecule has 1 unspecified atom stereocenters. The number of rotatable bonds is 7. The highest BCUT2D eigenvalue weighted by atomic mass is 15.2. The molecule has 0 aromatic rings. The zero-order chi connectivity index (χ0) is 12.8. The predicted molar refractivity (Wildman–Crippen MR) is 69.1 cm³/mol. The Kier molecular flexibility index (Phi) is 5.99. The Bertz CT molecular complexity index is 238. The van der Waals surface area contributed by atoms with E-state index in [2.05, 4.69) is 38.8 Å². The summed E-state index contributed by atoms with van der Waals surface area (Å²) in [6.07, 6.45) is 4.05. The van der Waals surface area contributed by atoms with Crippen LogP contribution in [0.4, 0.5) is 0 Å². The van der Waals surface area contributed by atoms with Crippen LogP contribution in [0, 0.1) is 11.3 Å². The standard InChI is InChI=1S/C13H27N3/c1-6-12(2,3)16(5)10-8-7-9-13(4,15)11-14/h6-10,15H2,1-5H3. The molecule has 1 atom stereocenters. The first kappa shape index (κ1) is 15.4. The van der Waals surface area contributed by atoms with E-state index in [4.69, 9.17) is 11.0 Å². The summed E-state index contributed by atoms with van der Waals surface area (Å²) in [7, 11) is 2.16. The first-order valence-electron chi connectivity index (χ1n) is 6.16. The SMILES string of the molecule is CCC(C)(C)N(C)CCCCC(C)(N)C#N. The number of unbranched alkanes of at least 4 members (excludes halogenated alkanes) is 1. The van der Waals surface area contributed by atoms with Crippen molar-refractivity contribution in [1.29, 1.82) is 5.26 Å². The molecule has 0 saturated carbocycles. The lowest BCUT2D eigenvalue weighted by Gasteiger charge is -2.35. The van der Waals surface area contributed by atoms with Crippen LogP contribution in [-0.4, -0.2) is 29.6 Å². The quantitative estimate of drug-likeness (QED) is 0.677. The summed E-state index contributed by atoms with van der Waals surface area (Å²) in [5, 5.41) is 8.78. The maximum atomic E-state index is 8.78. The summed E-state index contributed by atoms with van der Waals surface area (Å²) >= 11 is 0. The third kappa shape index (κ3) is 5.48. The van der Waals surface area contributed by atoms with E-state index in [0.717, 1.165) is 32.2 Å². The van der Waals surface area contributed by atoms with E-state index < -0.39 is 5.54 Å². The van der Waals surface area contributed by atoms with Crippen LogP contribution in [0.15, 0.2) is 0 Å². The smallest absolute Gasteiger partial charge is 0.101 e. The zero-order valence-corrected chi connectivity index (χ0v) is 11.5. The number of hydrogen-bond acceptors (Lipinski definition) is 3. The minimum absolute atomic E-state index is 0.265. The normalized spacial score (nSPS) is 15.9. The number of nitrogens with two attached hydrogens (primary N) is 1. The van der Waals surface area contributed by atoms with Crippen molar-refractivity contribution in [3.05, 3.63) is 0 Å². The summed E-state index contributed by atoms with van der Waals surface area (Å²) < 4.78 is 0. The van der Waals surface area contributed by atoms with Crippen LogP contribution in [0.25, 0.3) is 0 Å². The molecular weight excluding hydrogens is 198 g/mol. The monoisotopic (exact) mass is 225 g/mol. The average molecular weight is 225 g/mol. The van der Waals surface area contributed by atoms with Crippen molar-refractivity contribution in [3.8, 4) is 6.07 Å². The van der Waals surface area contributed by atoms with E-state index >= 15 is 0 Å². The van der Waals surface area contributed by atoms with E-state index in [0.29, 0.717) is 0 Å². The highest BCUT2D eigenvalue weighted by Gasteiger charge is 2.21. The van der Waals surface area contributed by atoms with Crippen LogP contribution in [-0.2, 0) is 0 Å². The lowest BCUT2D eigenvalue weighted by atomic mass is 9.96. The lowest BCUT2D eigenvalue weighted by molar-refractivity contribution is 0.147. The van der Waals surface area contributed by atoms with Crippen molar-refractivity contribution in [2.45, 2.75) is 64.5 Å². The van der Waals surface area contributed by atoms with Gasteiger partial charge in [0.25, 0.3) is 0 Å². The van der Waals surface area contributed by atoms with E-state index in [1.807, 2.05) is 0 Å². The third-order valence-electron chi connectivity index (χ3n) is 3.59. The van der Waals surface area contributed by atoms with Gasteiger partial charge in [-0.05, 0) is 60.0 Å². The first-order valence-corrected chi connectivity index (χ1v) is 6.16. The van der Waals surface area contributed by atoms with Crippen LogP contribution in [0.5, 0.6) is 0 Å². The molecule has 0 aliphatic carbocycles. The van der Waals surface area contributed by atoms with Gasteiger partial charge in [-0.2, -0.15) is 5.26 Å². The Balaban J connectivity index is 3.81. The lowest BCUT2D eigenvalue weighted by Crippen LogP contribution is -2.41. The summed E-state index contributed by atoms with van der Waals surface area (Å²) in [5.41, 5.74) is 5.38. The molecule has 94 valence electrons. The van der Waals surface area contributed by atoms with Gasteiger partial charge in [0.2, 0.25) is 0 Å². The molecule has 2 N–H and O–H groups in total. The second kappa shape index (κ2) is 6.22. The van der Waals surface area contributed by atoms with Gasteiger partial charge in [-0.25, -0.2) is 0 Å². The van der Waals surface area contributed by atoms with Gasteiger partial charge in [0.05, 0.1) is 6.07 Å². The fourth-order valence-electron chi connectivity index (χ4n) is 1.47. The van der Waals surface area contributed by atoms with Crippen molar-refractivity contribution in [2.24, 2.45) is 5.73 Å². The van der Waals surface area contributed by atoms with E-state index in [1.54, 1.807) is 6.92 Å². The van der Waals surface area contributed by atoms with Gasteiger partial charge >= 0.3 is 0 Å². The van der Waals surface area contributed by atoms with Gasteiger partial charge in [-0.1, -0.05) is 6.92 Å². The molecule has 16 heavy (non-hydrogen) atoms. The van der Waals surface area contributed by atoms with Crippen LogP contribution >= 0.6 is 0 Å². The highest BCUT2D eigenvalue weighted by molar-refractivity contribution is 5.00.